The lowest BCUT2D eigenvalue weighted by atomic mass is 10.2. The molecule has 1 unspecified atom stereocenters. The molecule has 2 aromatic rings. The number of rotatable bonds is 5. The zero-order chi connectivity index (χ0) is 20.1. The SMILES string of the molecule is CCCc1cnc(Nc2cccc(C3CN(C(=O)OC(C)(C)C)CCO3)n2)s1. The quantitative estimate of drug-likeness (QED) is 0.788. The van der Waals surface area contributed by atoms with Crippen LogP contribution in [0.4, 0.5) is 15.7 Å². The molecule has 8 heteroatoms. The molecule has 1 aliphatic rings. The number of carbonyl (C=O) groups excluding carboxylic acids is 1. The summed E-state index contributed by atoms with van der Waals surface area (Å²) in [7, 11) is 0. The number of hydrogen-bond donors (Lipinski definition) is 1. The molecule has 3 heterocycles. The van der Waals surface area contributed by atoms with Crippen LogP contribution in [0, 0.1) is 0 Å². The molecule has 1 fully saturated rings. The summed E-state index contributed by atoms with van der Waals surface area (Å²) in [6, 6.07) is 5.75. The molecule has 7 nitrogen and oxygen atoms in total. The van der Waals surface area contributed by atoms with Gasteiger partial charge in [-0.3, -0.25) is 0 Å². The van der Waals surface area contributed by atoms with E-state index in [9.17, 15) is 4.79 Å². The molecule has 1 aliphatic heterocycles. The predicted octanol–water partition coefficient (Wildman–Crippen LogP) is 4.54. The summed E-state index contributed by atoms with van der Waals surface area (Å²) in [5, 5.41) is 4.09. The average Bonchev–Trinajstić information content (AvgIpc) is 3.08. The second kappa shape index (κ2) is 8.87. The molecule has 28 heavy (non-hydrogen) atoms. The van der Waals surface area contributed by atoms with Gasteiger partial charge in [-0.05, 0) is 39.3 Å². The van der Waals surface area contributed by atoms with Gasteiger partial charge in [0.1, 0.15) is 17.5 Å². The third-order valence-electron chi connectivity index (χ3n) is 4.10. The van der Waals surface area contributed by atoms with E-state index in [1.807, 2.05) is 45.2 Å². The molecular formula is C20H28N4O3S. The molecular weight excluding hydrogens is 376 g/mol. The van der Waals surface area contributed by atoms with E-state index in [0.717, 1.165) is 23.7 Å². The Balaban J connectivity index is 1.66. The van der Waals surface area contributed by atoms with Gasteiger partial charge in [-0.1, -0.05) is 19.4 Å². The highest BCUT2D eigenvalue weighted by Crippen LogP contribution is 2.26. The maximum atomic E-state index is 12.4. The Hall–Kier alpha value is -2.19. The van der Waals surface area contributed by atoms with Gasteiger partial charge in [0.15, 0.2) is 5.13 Å². The fraction of sp³-hybridized carbons (Fsp3) is 0.550. The minimum atomic E-state index is -0.517. The first-order valence-electron chi connectivity index (χ1n) is 9.62. The maximum Gasteiger partial charge on any atom is 0.410 e. The van der Waals surface area contributed by atoms with Gasteiger partial charge in [0.2, 0.25) is 0 Å². The van der Waals surface area contributed by atoms with Gasteiger partial charge in [0, 0.05) is 17.6 Å². The number of aromatic nitrogens is 2. The molecule has 1 amide bonds. The van der Waals surface area contributed by atoms with E-state index in [4.69, 9.17) is 9.47 Å². The summed E-state index contributed by atoms with van der Waals surface area (Å²) < 4.78 is 11.3. The van der Waals surface area contributed by atoms with E-state index in [1.165, 1.54) is 4.88 Å². The number of nitrogens with zero attached hydrogens (tertiary/aromatic N) is 3. The summed E-state index contributed by atoms with van der Waals surface area (Å²) >= 11 is 1.64. The van der Waals surface area contributed by atoms with Crippen molar-refractivity contribution >= 4 is 28.4 Å². The molecule has 0 radical (unpaired) electrons. The van der Waals surface area contributed by atoms with Crippen LogP contribution < -0.4 is 5.32 Å². The minimum absolute atomic E-state index is 0.282. The molecule has 3 rings (SSSR count). The van der Waals surface area contributed by atoms with Gasteiger partial charge in [-0.25, -0.2) is 14.8 Å². The van der Waals surface area contributed by atoms with Crippen molar-refractivity contribution in [2.45, 2.75) is 52.2 Å². The Kier molecular flexibility index (Phi) is 6.51. The van der Waals surface area contributed by atoms with Gasteiger partial charge in [-0.15, -0.1) is 11.3 Å². The lowest BCUT2D eigenvalue weighted by molar-refractivity contribution is -0.0446. The molecule has 0 spiro atoms. The van der Waals surface area contributed by atoms with Crippen molar-refractivity contribution in [1.82, 2.24) is 14.9 Å². The van der Waals surface area contributed by atoms with Crippen LogP contribution in [0.5, 0.6) is 0 Å². The molecule has 152 valence electrons. The summed E-state index contributed by atoms with van der Waals surface area (Å²) in [4.78, 5) is 24.4. The largest absolute Gasteiger partial charge is 0.444 e. The first-order chi connectivity index (χ1) is 13.3. The van der Waals surface area contributed by atoms with Crippen LogP contribution in [0.3, 0.4) is 0 Å². The van der Waals surface area contributed by atoms with Gasteiger partial charge in [-0.2, -0.15) is 0 Å². The van der Waals surface area contributed by atoms with Crippen molar-refractivity contribution in [3.63, 3.8) is 0 Å². The normalized spacial score (nSPS) is 17.4. The minimum Gasteiger partial charge on any atom is -0.444 e. The third-order valence-corrected chi connectivity index (χ3v) is 5.08. The molecule has 1 atom stereocenters. The van der Waals surface area contributed by atoms with Crippen LogP contribution >= 0.6 is 11.3 Å². The first kappa shape index (κ1) is 20.5. The average molecular weight is 405 g/mol. The third kappa shape index (κ3) is 5.65. The number of ether oxygens (including phenoxy) is 2. The zero-order valence-electron chi connectivity index (χ0n) is 16.9. The number of amides is 1. The highest BCUT2D eigenvalue weighted by atomic mass is 32.1. The van der Waals surface area contributed by atoms with Crippen LogP contribution in [0.1, 0.15) is 50.8 Å². The summed E-state index contributed by atoms with van der Waals surface area (Å²) in [5.41, 5.74) is 0.265. The fourth-order valence-corrected chi connectivity index (χ4v) is 3.78. The summed E-state index contributed by atoms with van der Waals surface area (Å²) in [6.07, 6.45) is 3.44. The molecule has 0 saturated carbocycles. The van der Waals surface area contributed by atoms with Gasteiger partial charge >= 0.3 is 6.09 Å². The van der Waals surface area contributed by atoms with Crippen molar-refractivity contribution in [1.29, 1.82) is 0 Å². The smallest absolute Gasteiger partial charge is 0.410 e. The van der Waals surface area contributed by atoms with Gasteiger partial charge in [0.05, 0.1) is 18.8 Å². The zero-order valence-corrected chi connectivity index (χ0v) is 17.7. The van der Waals surface area contributed by atoms with Gasteiger partial charge < -0.3 is 19.7 Å². The Morgan fingerprint density at radius 1 is 1.43 bits per heavy atom. The maximum absolute atomic E-state index is 12.4. The van der Waals surface area contributed by atoms with Crippen LogP contribution in [-0.4, -0.2) is 46.3 Å². The van der Waals surface area contributed by atoms with E-state index in [-0.39, 0.29) is 12.2 Å². The van der Waals surface area contributed by atoms with Gasteiger partial charge in [0.25, 0.3) is 0 Å². The molecule has 1 saturated heterocycles. The van der Waals surface area contributed by atoms with E-state index in [0.29, 0.717) is 25.5 Å². The van der Waals surface area contributed by atoms with Crippen molar-refractivity contribution in [2.24, 2.45) is 0 Å². The molecule has 1 N–H and O–H groups in total. The number of nitrogens with one attached hydrogen (secondary N) is 1. The van der Waals surface area contributed by atoms with Crippen LogP contribution in [0.2, 0.25) is 0 Å². The highest BCUT2D eigenvalue weighted by Gasteiger charge is 2.29. The number of morpholine rings is 1. The van der Waals surface area contributed by atoms with Crippen molar-refractivity contribution in [3.8, 4) is 0 Å². The van der Waals surface area contributed by atoms with E-state index in [2.05, 4.69) is 22.2 Å². The van der Waals surface area contributed by atoms with Crippen LogP contribution in [0.25, 0.3) is 0 Å². The second-order valence-corrected chi connectivity index (χ2v) is 8.86. The van der Waals surface area contributed by atoms with E-state index in [1.54, 1.807) is 16.2 Å². The Morgan fingerprint density at radius 3 is 3.00 bits per heavy atom. The number of thiazole rings is 1. The number of anilines is 2. The molecule has 0 aromatic carbocycles. The van der Waals surface area contributed by atoms with Crippen LogP contribution in [0.15, 0.2) is 24.4 Å². The van der Waals surface area contributed by atoms with E-state index < -0.39 is 5.60 Å². The lowest BCUT2D eigenvalue weighted by Crippen LogP contribution is -2.44. The van der Waals surface area contributed by atoms with Crippen molar-refractivity contribution < 1.29 is 14.3 Å². The monoisotopic (exact) mass is 404 g/mol. The number of pyridine rings is 1. The topological polar surface area (TPSA) is 76.6 Å². The fourth-order valence-electron chi connectivity index (χ4n) is 2.86. The Labute approximate surface area is 170 Å². The number of carbonyl (C=O) groups is 1. The first-order valence-corrected chi connectivity index (χ1v) is 10.4. The standard InChI is InChI=1S/C20H28N4O3S/c1-5-7-14-12-21-18(28-14)23-17-9-6-8-15(22-17)16-13-24(10-11-26-16)19(25)27-20(2,3)4/h6,8-9,12,16H,5,7,10-11,13H2,1-4H3,(H,21,22,23). The molecule has 2 aromatic heterocycles. The highest BCUT2D eigenvalue weighted by molar-refractivity contribution is 7.15. The van der Waals surface area contributed by atoms with Crippen LogP contribution in [-0.2, 0) is 15.9 Å². The Morgan fingerprint density at radius 2 is 2.25 bits per heavy atom. The second-order valence-electron chi connectivity index (χ2n) is 7.74. The lowest BCUT2D eigenvalue weighted by Gasteiger charge is -2.34. The van der Waals surface area contributed by atoms with E-state index >= 15 is 0 Å². The van der Waals surface area contributed by atoms with Crippen molar-refractivity contribution in [2.75, 3.05) is 25.0 Å². The molecule has 0 aliphatic carbocycles. The van der Waals surface area contributed by atoms with Crippen molar-refractivity contribution in [3.05, 3.63) is 35.0 Å². The predicted molar refractivity (Wildman–Crippen MR) is 110 cm³/mol. The summed E-state index contributed by atoms with van der Waals surface area (Å²) in [5.74, 6) is 0.716. The summed E-state index contributed by atoms with van der Waals surface area (Å²) in [6.45, 7) is 9.14. The molecule has 0 bridgehead atoms. The number of aryl methyl sites for hydroxylation is 1. The number of hydrogen-bond acceptors (Lipinski definition) is 7. The Bertz CT molecular complexity index is 803.